The first kappa shape index (κ1) is 14.3. The van der Waals surface area contributed by atoms with E-state index in [1.165, 1.54) is 30.4 Å². The average Bonchev–Trinajstić information content (AvgIpc) is 3.01. The predicted molar refractivity (Wildman–Crippen MR) is 84.6 cm³/mol. The Morgan fingerprint density at radius 1 is 1.38 bits per heavy atom. The van der Waals surface area contributed by atoms with Gasteiger partial charge < -0.3 is 10.1 Å². The summed E-state index contributed by atoms with van der Waals surface area (Å²) in [6.07, 6.45) is 3.58. The van der Waals surface area contributed by atoms with Gasteiger partial charge in [0.1, 0.15) is 0 Å². The zero-order valence-electron chi connectivity index (χ0n) is 12.1. The van der Waals surface area contributed by atoms with E-state index in [0.29, 0.717) is 18.2 Å². The molecule has 0 amide bonds. The normalized spacial score (nSPS) is 17.3. The number of carbonyl (C=O) groups is 1. The highest BCUT2D eigenvalue weighted by Gasteiger charge is 2.21. The molecule has 1 unspecified atom stereocenters. The van der Waals surface area contributed by atoms with Crippen molar-refractivity contribution >= 4 is 17.3 Å². The molecule has 4 heteroatoms. The van der Waals surface area contributed by atoms with Crippen molar-refractivity contribution in [2.75, 3.05) is 7.11 Å². The van der Waals surface area contributed by atoms with Crippen LogP contribution in [0.2, 0.25) is 0 Å². The predicted octanol–water partition coefficient (Wildman–Crippen LogP) is 3.70. The molecule has 1 N–H and O–H groups in total. The average molecular weight is 301 g/mol. The third-order valence-electron chi connectivity index (χ3n) is 4.01. The molecule has 0 saturated heterocycles. The third-order valence-corrected chi connectivity index (χ3v) is 5.01. The van der Waals surface area contributed by atoms with Crippen molar-refractivity contribution in [1.29, 1.82) is 0 Å². The summed E-state index contributed by atoms with van der Waals surface area (Å²) >= 11 is 1.85. The topological polar surface area (TPSA) is 38.3 Å². The highest BCUT2D eigenvalue weighted by atomic mass is 32.1. The second-order valence-corrected chi connectivity index (χ2v) is 6.27. The van der Waals surface area contributed by atoms with Gasteiger partial charge in [0.15, 0.2) is 0 Å². The number of rotatable bonds is 4. The number of aryl methyl sites for hydroxylation is 1. The molecule has 0 saturated carbocycles. The van der Waals surface area contributed by atoms with E-state index in [1.807, 2.05) is 35.6 Å². The quantitative estimate of drug-likeness (QED) is 0.875. The molecule has 110 valence electrons. The van der Waals surface area contributed by atoms with Gasteiger partial charge >= 0.3 is 5.97 Å². The highest BCUT2D eigenvalue weighted by Crippen LogP contribution is 2.33. The lowest BCUT2D eigenvalue weighted by atomic mass is 9.93. The molecule has 0 radical (unpaired) electrons. The molecule has 0 spiro atoms. The Balaban J connectivity index is 1.74. The van der Waals surface area contributed by atoms with Crippen LogP contribution in [-0.2, 0) is 17.7 Å². The molecule has 0 fully saturated rings. The lowest BCUT2D eigenvalue weighted by Gasteiger charge is -2.24. The van der Waals surface area contributed by atoms with Crippen LogP contribution < -0.4 is 5.32 Å². The molecule has 21 heavy (non-hydrogen) atoms. The number of ether oxygens (including phenoxy) is 1. The van der Waals surface area contributed by atoms with Crippen molar-refractivity contribution in [2.45, 2.75) is 31.8 Å². The Bertz CT molecular complexity index is 635. The largest absolute Gasteiger partial charge is 0.465 e. The highest BCUT2D eigenvalue weighted by molar-refractivity contribution is 7.10. The van der Waals surface area contributed by atoms with E-state index in [0.717, 1.165) is 12.0 Å². The fourth-order valence-corrected chi connectivity index (χ4v) is 3.90. The van der Waals surface area contributed by atoms with Crippen molar-refractivity contribution in [2.24, 2.45) is 0 Å². The maximum Gasteiger partial charge on any atom is 0.338 e. The molecule has 1 heterocycles. The SMILES string of the molecule is COC(=O)c1ccccc1CNC1CCCc2sccc21. The Labute approximate surface area is 129 Å². The summed E-state index contributed by atoms with van der Waals surface area (Å²) in [5, 5.41) is 5.77. The first-order valence-electron chi connectivity index (χ1n) is 7.25. The standard InChI is InChI=1S/C17H19NO2S/c1-20-17(19)13-6-3-2-5-12(13)11-18-15-7-4-8-16-14(15)9-10-21-16/h2-3,5-6,9-10,15,18H,4,7-8,11H2,1H3. The maximum absolute atomic E-state index is 11.8. The summed E-state index contributed by atoms with van der Waals surface area (Å²) in [4.78, 5) is 13.3. The summed E-state index contributed by atoms with van der Waals surface area (Å²) in [5.41, 5.74) is 3.07. The van der Waals surface area contributed by atoms with Crippen molar-refractivity contribution in [3.05, 3.63) is 57.3 Å². The minimum absolute atomic E-state index is 0.271. The lowest BCUT2D eigenvalue weighted by Crippen LogP contribution is -2.24. The van der Waals surface area contributed by atoms with Crippen LogP contribution in [0.15, 0.2) is 35.7 Å². The van der Waals surface area contributed by atoms with Gasteiger partial charge in [-0.25, -0.2) is 4.79 Å². The van der Waals surface area contributed by atoms with Gasteiger partial charge in [0, 0.05) is 17.5 Å². The van der Waals surface area contributed by atoms with Crippen molar-refractivity contribution in [3.63, 3.8) is 0 Å². The Morgan fingerprint density at radius 3 is 3.10 bits per heavy atom. The number of nitrogens with one attached hydrogen (secondary N) is 1. The Hall–Kier alpha value is -1.65. The summed E-state index contributed by atoms with van der Waals surface area (Å²) in [7, 11) is 1.42. The fourth-order valence-electron chi connectivity index (χ4n) is 2.92. The molecule has 1 atom stereocenters. The third kappa shape index (κ3) is 3.01. The zero-order chi connectivity index (χ0) is 14.7. The summed E-state index contributed by atoms with van der Waals surface area (Å²) in [6.45, 7) is 0.686. The maximum atomic E-state index is 11.8. The fraction of sp³-hybridized carbons (Fsp3) is 0.353. The Morgan fingerprint density at radius 2 is 2.24 bits per heavy atom. The van der Waals surface area contributed by atoms with Crippen LogP contribution in [0.5, 0.6) is 0 Å². The van der Waals surface area contributed by atoms with Crippen molar-refractivity contribution < 1.29 is 9.53 Å². The molecule has 1 aliphatic rings. The van der Waals surface area contributed by atoms with Crippen LogP contribution in [0.1, 0.15) is 45.2 Å². The number of benzene rings is 1. The molecule has 1 aromatic heterocycles. The molecule has 1 aromatic carbocycles. The zero-order valence-corrected chi connectivity index (χ0v) is 12.9. The second kappa shape index (κ2) is 6.41. The Kier molecular flexibility index (Phi) is 4.36. The molecule has 0 bridgehead atoms. The van der Waals surface area contributed by atoms with Crippen LogP contribution in [-0.4, -0.2) is 13.1 Å². The molecule has 3 rings (SSSR count). The van der Waals surface area contributed by atoms with Gasteiger partial charge in [0.25, 0.3) is 0 Å². The molecule has 2 aromatic rings. The van der Waals surface area contributed by atoms with Gasteiger partial charge in [-0.3, -0.25) is 0 Å². The first-order chi connectivity index (χ1) is 10.3. The number of thiophene rings is 1. The number of methoxy groups -OCH3 is 1. The monoisotopic (exact) mass is 301 g/mol. The van der Waals surface area contributed by atoms with E-state index in [-0.39, 0.29) is 5.97 Å². The van der Waals surface area contributed by atoms with Crippen LogP contribution in [0.4, 0.5) is 0 Å². The van der Waals surface area contributed by atoms with Crippen LogP contribution >= 0.6 is 11.3 Å². The van der Waals surface area contributed by atoms with Crippen LogP contribution in [0.3, 0.4) is 0 Å². The van der Waals surface area contributed by atoms with E-state index < -0.39 is 0 Å². The van der Waals surface area contributed by atoms with Gasteiger partial charge in [0.05, 0.1) is 12.7 Å². The molecule has 3 nitrogen and oxygen atoms in total. The van der Waals surface area contributed by atoms with E-state index in [9.17, 15) is 4.79 Å². The summed E-state index contributed by atoms with van der Waals surface area (Å²) in [5.74, 6) is -0.271. The van der Waals surface area contributed by atoms with E-state index >= 15 is 0 Å². The number of carbonyl (C=O) groups excluding carboxylic acids is 1. The molecule has 0 aliphatic heterocycles. The van der Waals surface area contributed by atoms with Crippen LogP contribution in [0.25, 0.3) is 0 Å². The van der Waals surface area contributed by atoms with E-state index in [4.69, 9.17) is 4.74 Å². The minimum Gasteiger partial charge on any atom is -0.465 e. The molecular formula is C17H19NO2S. The number of fused-ring (bicyclic) bond motifs is 1. The van der Waals surface area contributed by atoms with Gasteiger partial charge in [-0.05, 0) is 47.9 Å². The van der Waals surface area contributed by atoms with Gasteiger partial charge in [-0.1, -0.05) is 18.2 Å². The molecule has 1 aliphatic carbocycles. The summed E-state index contributed by atoms with van der Waals surface area (Å²) < 4.78 is 4.85. The van der Waals surface area contributed by atoms with Gasteiger partial charge in [-0.2, -0.15) is 0 Å². The van der Waals surface area contributed by atoms with E-state index in [2.05, 4.69) is 16.8 Å². The smallest absolute Gasteiger partial charge is 0.338 e. The number of esters is 1. The van der Waals surface area contributed by atoms with E-state index in [1.54, 1.807) is 0 Å². The molecular weight excluding hydrogens is 282 g/mol. The minimum atomic E-state index is -0.271. The number of hydrogen-bond acceptors (Lipinski definition) is 4. The number of hydrogen-bond donors (Lipinski definition) is 1. The second-order valence-electron chi connectivity index (χ2n) is 5.27. The van der Waals surface area contributed by atoms with Gasteiger partial charge in [0.2, 0.25) is 0 Å². The van der Waals surface area contributed by atoms with Gasteiger partial charge in [-0.15, -0.1) is 11.3 Å². The first-order valence-corrected chi connectivity index (χ1v) is 8.13. The van der Waals surface area contributed by atoms with Crippen molar-refractivity contribution in [1.82, 2.24) is 5.32 Å². The summed E-state index contributed by atoms with van der Waals surface area (Å²) in [6, 6.07) is 10.2. The van der Waals surface area contributed by atoms with Crippen LogP contribution in [0, 0.1) is 0 Å². The lowest BCUT2D eigenvalue weighted by molar-refractivity contribution is 0.0599. The van der Waals surface area contributed by atoms with Crippen molar-refractivity contribution in [3.8, 4) is 0 Å².